The molecule has 1 saturated heterocycles. The smallest absolute Gasteiger partial charge is 0.137 e. The average molecular weight is 320 g/mol. The van der Waals surface area contributed by atoms with Gasteiger partial charge in [-0.1, -0.05) is 12.1 Å². The molecule has 0 spiro atoms. The Morgan fingerprint density at radius 2 is 2.41 bits per heavy atom. The summed E-state index contributed by atoms with van der Waals surface area (Å²) in [4.78, 5) is 0. The Hall–Kier alpha value is -0.100. The van der Waals surface area contributed by atoms with Crippen LogP contribution < -0.4 is 5.73 Å². The third-order valence-corrected chi connectivity index (χ3v) is 4.71. The molecule has 94 valence electrons. The lowest BCUT2D eigenvalue weighted by Crippen LogP contribution is -2.42. The van der Waals surface area contributed by atoms with E-state index in [1.807, 2.05) is 17.8 Å². The van der Waals surface area contributed by atoms with E-state index >= 15 is 0 Å². The zero-order valence-corrected chi connectivity index (χ0v) is 11.8. The van der Waals surface area contributed by atoms with Gasteiger partial charge >= 0.3 is 0 Å². The van der Waals surface area contributed by atoms with Crippen LogP contribution in [0, 0.1) is 5.82 Å². The largest absolute Gasteiger partial charge is 0.375 e. The molecule has 2 unspecified atom stereocenters. The Morgan fingerprint density at radius 1 is 1.59 bits per heavy atom. The third kappa shape index (κ3) is 3.44. The van der Waals surface area contributed by atoms with Crippen LogP contribution in [0.2, 0.25) is 0 Å². The van der Waals surface area contributed by atoms with Gasteiger partial charge in [-0.15, -0.1) is 0 Å². The molecule has 1 aromatic rings. The van der Waals surface area contributed by atoms with E-state index in [0.29, 0.717) is 10.9 Å². The molecule has 1 aromatic carbocycles. The average Bonchev–Trinajstić information content (AvgIpc) is 2.36. The molecule has 2 N–H and O–H groups in total. The number of rotatable bonds is 3. The molecule has 0 aliphatic carbocycles. The summed E-state index contributed by atoms with van der Waals surface area (Å²) in [6, 6.07) is 4.95. The maximum Gasteiger partial charge on any atom is 0.137 e. The van der Waals surface area contributed by atoms with Gasteiger partial charge in [0.25, 0.3) is 0 Å². The minimum atomic E-state index is -0.242. The van der Waals surface area contributed by atoms with Crippen LogP contribution >= 0.6 is 27.7 Å². The summed E-state index contributed by atoms with van der Waals surface area (Å²) in [5.41, 5.74) is 7.02. The number of ether oxygens (including phenoxy) is 1. The molecule has 1 fully saturated rings. The summed E-state index contributed by atoms with van der Waals surface area (Å²) in [7, 11) is 0. The van der Waals surface area contributed by atoms with Gasteiger partial charge in [0.1, 0.15) is 5.82 Å². The van der Waals surface area contributed by atoms with Crippen molar-refractivity contribution in [1.82, 2.24) is 0 Å². The molecular weight excluding hydrogens is 305 g/mol. The monoisotopic (exact) mass is 319 g/mol. The highest BCUT2D eigenvalue weighted by atomic mass is 79.9. The van der Waals surface area contributed by atoms with E-state index in [1.54, 1.807) is 6.07 Å². The summed E-state index contributed by atoms with van der Waals surface area (Å²) in [5.74, 6) is 1.72. The summed E-state index contributed by atoms with van der Waals surface area (Å²) in [6.45, 7) is 0.757. The van der Waals surface area contributed by atoms with Crippen LogP contribution in [-0.2, 0) is 11.2 Å². The fraction of sp³-hybridized carbons (Fsp3) is 0.500. The van der Waals surface area contributed by atoms with Gasteiger partial charge < -0.3 is 10.5 Å². The fourth-order valence-corrected chi connectivity index (χ4v) is 3.23. The standard InChI is InChI=1S/C12H15BrFNOS/c13-12-8(2-1-3-9(12)14)6-10(15)11-7-17-5-4-16-11/h1-3,10-11H,4-7,15H2. The Bertz CT molecular complexity index is 385. The van der Waals surface area contributed by atoms with Crippen LogP contribution in [0.1, 0.15) is 5.56 Å². The molecule has 0 saturated carbocycles. The van der Waals surface area contributed by atoms with Crippen molar-refractivity contribution < 1.29 is 9.13 Å². The number of halogens is 2. The van der Waals surface area contributed by atoms with E-state index < -0.39 is 0 Å². The minimum Gasteiger partial charge on any atom is -0.375 e. The van der Waals surface area contributed by atoms with E-state index in [0.717, 1.165) is 23.7 Å². The van der Waals surface area contributed by atoms with Crippen LogP contribution in [0.25, 0.3) is 0 Å². The van der Waals surface area contributed by atoms with E-state index in [-0.39, 0.29) is 18.0 Å². The number of hydrogen-bond acceptors (Lipinski definition) is 3. The van der Waals surface area contributed by atoms with Crippen molar-refractivity contribution in [3.05, 3.63) is 34.1 Å². The fourth-order valence-electron chi connectivity index (χ4n) is 1.84. The van der Waals surface area contributed by atoms with Gasteiger partial charge in [-0.3, -0.25) is 0 Å². The van der Waals surface area contributed by atoms with Crippen molar-refractivity contribution in [2.75, 3.05) is 18.1 Å². The molecule has 0 radical (unpaired) electrons. The van der Waals surface area contributed by atoms with Crippen LogP contribution in [0.4, 0.5) is 4.39 Å². The lowest BCUT2D eigenvalue weighted by atomic mass is 10.0. The van der Waals surface area contributed by atoms with Crippen molar-refractivity contribution >= 4 is 27.7 Å². The molecule has 2 rings (SSSR count). The van der Waals surface area contributed by atoms with Crippen LogP contribution in [0.5, 0.6) is 0 Å². The topological polar surface area (TPSA) is 35.2 Å². The third-order valence-electron chi connectivity index (χ3n) is 2.81. The molecule has 1 aliphatic heterocycles. The molecule has 0 bridgehead atoms. The van der Waals surface area contributed by atoms with Gasteiger partial charge in [0.15, 0.2) is 0 Å². The molecule has 1 aliphatic rings. The number of hydrogen-bond donors (Lipinski definition) is 1. The lowest BCUT2D eigenvalue weighted by molar-refractivity contribution is 0.0571. The molecule has 0 amide bonds. The second-order valence-corrected chi connectivity index (χ2v) is 6.01. The molecule has 17 heavy (non-hydrogen) atoms. The quantitative estimate of drug-likeness (QED) is 0.930. The summed E-state index contributed by atoms with van der Waals surface area (Å²) >= 11 is 5.11. The second-order valence-electron chi connectivity index (χ2n) is 4.07. The molecule has 0 aromatic heterocycles. The summed E-state index contributed by atoms with van der Waals surface area (Å²) < 4.78 is 19.5. The first-order valence-corrected chi connectivity index (χ1v) is 7.51. The van der Waals surface area contributed by atoms with Crippen molar-refractivity contribution in [2.45, 2.75) is 18.6 Å². The van der Waals surface area contributed by atoms with Gasteiger partial charge in [-0.05, 0) is 34.0 Å². The lowest BCUT2D eigenvalue weighted by Gasteiger charge is -2.27. The number of thioether (sulfide) groups is 1. The first-order valence-electron chi connectivity index (χ1n) is 5.56. The van der Waals surface area contributed by atoms with Crippen LogP contribution in [-0.4, -0.2) is 30.3 Å². The molecule has 5 heteroatoms. The van der Waals surface area contributed by atoms with Crippen molar-refractivity contribution in [3.63, 3.8) is 0 Å². The molecule has 1 heterocycles. The van der Waals surface area contributed by atoms with Crippen molar-refractivity contribution in [1.29, 1.82) is 0 Å². The maximum absolute atomic E-state index is 13.3. The highest BCUT2D eigenvalue weighted by molar-refractivity contribution is 9.10. The molecule has 2 nitrogen and oxygen atoms in total. The first-order chi connectivity index (χ1) is 8.18. The van der Waals surface area contributed by atoms with E-state index in [1.165, 1.54) is 6.07 Å². The van der Waals surface area contributed by atoms with Gasteiger partial charge in [0, 0.05) is 17.5 Å². The minimum absolute atomic E-state index is 0.0731. The van der Waals surface area contributed by atoms with Crippen molar-refractivity contribution in [3.8, 4) is 0 Å². The van der Waals surface area contributed by atoms with Crippen molar-refractivity contribution in [2.24, 2.45) is 5.73 Å². The molecule has 2 atom stereocenters. The zero-order valence-electron chi connectivity index (χ0n) is 9.36. The first kappa shape index (κ1) is 13.3. The van der Waals surface area contributed by atoms with E-state index in [9.17, 15) is 4.39 Å². The molecular formula is C12H15BrFNOS. The Labute approximate surface area is 113 Å². The second kappa shape index (κ2) is 6.18. The Morgan fingerprint density at radius 3 is 3.12 bits per heavy atom. The predicted octanol–water partition coefficient (Wildman–Crippen LogP) is 2.59. The van der Waals surface area contributed by atoms with E-state index in [2.05, 4.69) is 15.9 Å². The van der Waals surface area contributed by atoms with Gasteiger partial charge in [0.05, 0.1) is 17.2 Å². The Balaban J connectivity index is 2.01. The van der Waals surface area contributed by atoms with Gasteiger partial charge in [0.2, 0.25) is 0 Å². The van der Waals surface area contributed by atoms with Gasteiger partial charge in [-0.25, -0.2) is 4.39 Å². The summed E-state index contributed by atoms with van der Waals surface area (Å²) in [5, 5.41) is 0. The highest BCUT2D eigenvalue weighted by Gasteiger charge is 2.22. The Kier molecular flexibility index (Phi) is 4.85. The van der Waals surface area contributed by atoms with Gasteiger partial charge in [-0.2, -0.15) is 11.8 Å². The maximum atomic E-state index is 13.3. The number of benzene rings is 1. The highest BCUT2D eigenvalue weighted by Crippen LogP contribution is 2.23. The number of nitrogens with two attached hydrogens (primary N) is 1. The zero-order chi connectivity index (χ0) is 12.3. The summed E-state index contributed by atoms with van der Waals surface area (Å²) in [6.07, 6.45) is 0.702. The predicted molar refractivity (Wildman–Crippen MR) is 72.8 cm³/mol. The van der Waals surface area contributed by atoms with Crippen LogP contribution in [0.15, 0.2) is 22.7 Å². The van der Waals surface area contributed by atoms with Crippen LogP contribution in [0.3, 0.4) is 0 Å². The SMILES string of the molecule is NC(Cc1cccc(F)c1Br)C1CSCCO1. The normalized spacial score (nSPS) is 22.4. The van der Waals surface area contributed by atoms with E-state index in [4.69, 9.17) is 10.5 Å².